The van der Waals surface area contributed by atoms with Gasteiger partial charge in [0, 0.05) is 12.6 Å². The van der Waals surface area contributed by atoms with Crippen molar-refractivity contribution in [1.29, 1.82) is 0 Å². The first-order chi connectivity index (χ1) is 8.32. The summed E-state index contributed by atoms with van der Waals surface area (Å²) in [6.07, 6.45) is 0. The van der Waals surface area contributed by atoms with E-state index in [1.54, 1.807) is 17.0 Å². The van der Waals surface area contributed by atoms with Gasteiger partial charge in [-0.2, -0.15) is 0 Å². The first-order valence-corrected chi connectivity index (χ1v) is 6.40. The van der Waals surface area contributed by atoms with Crippen LogP contribution in [0, 0.1) is 18.7 Å². The molecule has 3 heteroatoms. The predicted molar refractivity (Wildman–Crippen MR) is 72.1 cm³/mol. The van der Waals surface area contributed by atoms with Gasteiger partial charge in [-0.1, -0.05) is 19.9 Å². The Morgan fingerprint density at radius 3 is 2.33 bits per heavy atom. The largest absolute Gasteiger partial charge is 0.336 e. The Hall–Kier alpha value is -1.38. The van der Waals surface area contributed by atoms with Crippen molar-refractivity contribution in [3.63, 3.8) is 0 Å². The van der Waals surface area contributed by atoms with Gasteiger partial charge >= 0.3 is 0 Å². The summed E-state index contributed by atoms with van der Waals surface area (Å²) in [5.74, 6) is -0.296. The van der Waals surface area contributed by atoms with E-state index in [1.807, 2.05) is 34.6 Å². The minimum atomic E-state index is -0.436. The van der Waals surface area contributed by atoms with Crippen molar-refractivity contribution in [2.75, 3.05) is 6.54 Å². The summed E-state index contributed by atoms with van der Waals surface area (Å²) in [7, 11) is 0. The zero-order chi connectivity index (χ0) is 13.9. The van der Waals surface area contributed by atoms with E-state index in [0.717, 1.165) is 5.56 Å². The van der Waals surface area contributed by atoms with Gasteiger partial charge in [0.2, 0.25) is 0 Å². The molecular weight excluding hydrogens is 229 g/mol. The first-order valence-electron chi connectivity index (χ1n) is 6.40. The lowest BCUT2D eigenvalue weighted by atomic mass is 10.1. The fourth-order valence-electron chi connectivity index (χ4n) is 1.87. The fraction of sp³-hybridized carbons (Fsp3) is 0.533. The first kappa shape index (κ1) is 14.7. The number of carbonyl (C=O) groups excluding carboxylic acids is 1. The molecule has 0 saturated carbocycles. The third kappa shape index (κ3) is 3.56. The Morgan fingerprint density at radius 1 is 1.28 bits per heavy atom. The SMILES string of the molecule is Cc1ccc(C(=O)N(CC(C)C)C(C)C)c(F)c1. The lowest BCUT2D eigenvalue weighted by Gasteiger charge is -2.28. The molecule has 0 aliphatic heterocycles. The molecular formula is C15H22FNO. The number of nitrogens with zero attached hydrogens (tertiary/aromatic N) is 1. The van der Waals surface area contributed by atoms with Crippen LogP contribution in [0.15, 0.2) is 18.2 Å². The standard InChI is InChI=1S/C15H22FNO/c1-10(2)9-17(11(3)4)15(18)13-7-6-12(5)8-14(13)16/h6-8,10-11H,9H2,1-5H3. The van der Waals surface area contributed by atoms with Gasteiger partial charge in [-0.05, 0) is 44.4 Å². The molecule has 1 aromatic carbocycles. The molecule has 0 spiro atoms. The number of benzene rings is 1. The van der Waals surface area contributed by atoms with Gasteiger partial charge in [0.05, 0.1) is 5.56 Å². The minimum absolute atomic E-state index is 0.0700. The molecule has 0 N–H and O–H groups in total. The number of rotatable bonds is 4. The second-order valence-corrected chi connectivity index (χ2v) is 5.43. The van der Waals surface area contributed by atoms with Gasteiger partial charge in [0.25, 0.3) is 5.91 Å². The summed E-state index contributed by atoms with van der Waals surface area (Å²) in [5.41, 5.74) is 0.985. The number of hydrogen-bond donors (Lipinski definition) is 0. The van der Waals surface area contributed by atoms with Crippen LogP contribution in [0.4, 0.5) is 4.39 Å². The Morgan fingerprint density at radius 2 is 1.89 bits per heavy atom. The van der Waals surface area contributed by atoms with Crippen LogP contribution >= 0.6 is 0 Å². The number of halogens is 1. The zero-order valence-electron chi connectivity index (χ0n) is 11.8. The molecule has 0 aliphatic rings. The number of amides is 1. The normalized spacial score (nSPS) is 11.1. The maximum atomic E-state index is 13.8. The van der Waals surface area contributed by atoms with Crippen molar-refractivity contribution in [3.8, 4) is 0 Å². The molecule has 0 aromatic heterocycles. The number of carbonyl (C=O) groups is 1. The van der Waals surface area contributed by atoms with E-state index in [1.165, 1.54) is 6.07 Å². The molecule has 0 bridgehead atoms. The van der Waals surface area contributed by atoms with Gasteiger partial charge in [0.1, 0.15) is 5.82 Å². The monoisotopic (exact) mass is 251 g/mol. The van der Waals surface area contributed by atoms with E-state index in [4.69, 9.17) is 0 Å². The molecule has 1 rings (SSSR count). The lowest BCUT2D eigenvalue weighted by Crippen LogP contribution is -2.39. The van der Waals surface area contributed by atoms with Crippen molar-refractivity contribution < 1.29 is 9.18 Å². The van der Waals surface area contributed by atoms with Gasteiger partial charge in [-0.15, -0.1) is 0 Å². The highest BCUT2D eigenvalue weighted by atomic mass is 19.1. The molecule has 2 nitrogen and oxygen atoms in total. The smallest absolute Gasteiger partial charge is 0.257 e. The summed E-state index contributed by atoms with van der Waals surface area (Å²) in [6, 6.07) is 4.81. The number of hydrogen-bond acceptors (Lipinski definition) is 1. The summed E-state index contributed by atoms with van der Waals surface area (Å²) < 4.78 is 13.8. The van der Waals surface area contributed by atoms with Crippen molar-refractivity contribution in [2.24, 2.45) is 5.92 Å². The number of aryl methyl sites for hydroxylation is 1. The quantitative estimate of drug-likeness (QED) is 0.800. The zero-order valence-corrected chi connectivity index (χ0v) is 11.8. The Labute approximate surface area is 109 Å². The van der Waals surface area contributed by atoms with Gasteiger partial charge in [0.15, 0.2) is 0 Å². The molecule has 1 aromatic rings. The molecule has 0 aliphatic carbocycles. The van der Waals surface area contributed by atoms with Gasteiger partial charge < -0.3 is 4.90 Å². The van der Waals surface area contributed by atoms with E-state index in [9.17, 15) is 9.18 Å². The molecule has 18 heavy (non-hydrogen) atoms. The lowest BCUT2D eigenvalue weighted by molar-refractivity contribution is 0.0677. The summed E-state index contributed by atoms with van der Waals surface area (Å²) in [5, 5.41) is 0. The van der Waals surface area contributed by atoms with E-state index in [0.29, 0.717) is 12.5 Å². The molecule has 100 valence electrons. The van der Waals surface area contributed by atoms with E-state index < -0.39 is 5.82 Å². The topological polar surface area (TPSA) is 20.3 Å². The van der Waals surface area contributed by atoms with E-state index in [-0.39, 0.29) is 17.5 Å². The highest BCUT2D eigenvalue weighted by Crippen LogP contribution is 2.15. The van der Waals surface area contributed by atoms with E-state index >= 15 is 0 Å². The Balaban J connectivity index is 3.02. The minimum Gasteiger partial charge on any atom is -0.336 e. The molecule has 0 radical (unpaired) electrons. The second kappa shape index (κ2) is 5.98. The highest BCUT2D eigenvalue weighted by molar-refractivity contribution is 5.94. The van der Waals surface area contributed by atoms with Crippen LogP contribution in [0.3, 0.4) is 0 Å². The summed E-state index contributed by atoms with van der Waals surface area (Å²) in [4.78, 5) is 14.1. The Kier molecular flexibility index (Phi) is 4.88. The van der Waals surface area contributed by atoms with Crippen LogP contribution in [-0.2, 0) is 0 Å². The summed E-state index contributed by atoms with van der Waals surface area (Å²) >= 11 is 0. The Bertz CT molecular complexity index is 427. The van der Waals surface area contributed by atoms with Crippen LogP contribution in [0.1, 0.15) is 43.6 Å². The van der Waals surface area contributed by atoms with Crippen LogP contribution in [0.2, 0.25) is 0 Å². The van der Waals surface area contributed by atoms with Crippen LogP contribution in [0.25, 0.3) is 0 Å². The molecule has 0 heterocycles. The van der Waals surface area contributed by atoms with Crippen LogP contribution in [-0.4, -0.2) is 23.4 Å². The van der Waals surface area contributed by atoms with Crippen LogP contribution in [0.5, 0.6) is 0 Å². The predicted octanol–water partition coefficient (Wildman–Crippen LogP) is 3.64. The molecule has 0 atom stereocenters. The maximum Gasteiger partial charge on any atom is 0.257 e. The maximum absolute atomic E-state index is 13.8. The average molecular weight is 251 g/mol. The average Bonchev–Trinajstić information content (AvgIpc) is 2.24. The molecule has 1 amide bonds. The third-order valence-electron chi connectivity index (χ3n) is 2.80. The van der Waals surface area contributed by atoms with Crippen molar-refractivity contribution >= 4 is 5.91 Å². The molecule has 0 saturated heterocycles. The third-order valence-corrected chi connectivity index (χ3v) is 2.80. The fourth-order valence-corrected chi connectivity index (χ4v) is 1.87. The van der Waals surface area contributed by atoms with Gasteiger partial charge in [-0.3, -0.25) is 4.79 Å². The van der Waals surface area contributed by atoms with Crippen molar-refractivity contribution in [2.45, 2.75) is 40.7 Å². The second-order valence-electron chi connectivity index (χ2n) is 5.43. The molecule has 0 fully saturated rings. The van der Waals surface area contributed by atoms with E-state index in [2.05, 4.69) is 0 Å². The molecule has 0 unspecified atom stereocenters. The highest BCUT2D eigenvalue weighted by Gasteiger charge is 2.22. The van der Waals surface area contributed by atoms with Crippen molar-refractivity contribution in [3.05, 3.63) is 35.1 Å². The summed E-state index contributed by atoms with van der Waals surface area (Å²) in [6.45, 7) is 10.5. The van der Waals surface area contributed by atoms with Gasteiger partial charge in [-0.25, -0.2) is 4.39 Å². The van der Waals surface area contributed by atoms with Crippen LogP contribution < -0.4 is 0 Å². The van der Waals surface area contributed by atoms with Crippen molar-refractivity contribution in [1.82, 2.24) is 4.90 Å².